The zero-order valence-corrected chi connectivity index (χ0v) is 12.6. The molecular formula is C14H21ClF2N2. The third-order valence-corrected chi connectivity index (χ3v) is 3.33. The van der Waals surface area contributed by atoms with Crippen molar-refractivity contribution in [1.29, 1.82) is 0 Å². The number of hydrogen-bond donors (Lipinski definition) is 0. The second-order valence-corrected chi connectivity index (χ2v) is 5.21. The van der Waals surface area contributed by atoms with Crippen LogP contribution in [0.15, 0.2) is 12.1 Å². The summed E-state index contributed by atoms with van der Waals surface area (Å²) in [4.78, 5) is 3.74. The Morgan fingerprint density at radius 1 is 1.21 bits per heavy atom. The molecule has 0 spiro atoms. The molecule has 0 aliphatic carbocycles. The van der Waals surface area contributed by atoms with Crippen molar-refractivity contribution in [1.82, 2.24) is 4.90 Å². The highest BCUT2D eigenvalue weighted by molar-refractivity contribution is 6.17. The molecule has 0 heterocycles. The minimum Gasteiger partial charge on any atom is -0.363 e. The van der Waals surface area contributed by atoms with Gasteiger partial charge in [0.25, 0.3) is 0 Å². The molecule has 0 fully saturated rings. The fourth-order valence-corrected chi connectivity index (χ4v) is 2.44. The third-order valence-electron chi connectivity index (χ3n) is 3.02. The van der Waals surface area contributed by atoms with Crippen molar-refractivity contribution in [2.45, 2.75) is 25.8 Å². The lowest BCUT2D eigenvalue weighted by molar-refractivity contribution is 0.370. The molecular weight excluding hydrogens is 270 g/mol. The van der Waals surface area contributed by atoms with Gasteiger partial charge in [-0.1, -0.05) is 0 Å². The summed E-state index contributed by atoms with van der Waals surface area (Å²) in [5.41, 5.74) is 0.488. The Labute approximate surface area is 119 Å². The summed E-state index contributed by atoms with van der Waals surface area (Å²) in [5, 5.41) is 0. The van der Waals surface area contributed by atoms with Gasteiger partial charge in [0.05, 0.1) is 0 Å². The monoisotopic (exact) mass is 290 g/mol. The van der Waals surface area contributed by atoms with Crippen LogP contribution in [0.5, 0.6) is 0 Å². The molecule has 0 aliphatic rings. The summed E-state index contributed by atoms with van der Waals surface area (Å²) in [6.07, 6.45) is 0. The van der Waals surface area contributed by atoms with Crippen LogP contribution in [0, 0.1) is 11.6 Å². The molecule has 0 saturated carbocycles. The van der Waals surface area contributed by atoms with Crippen LogP contribution >= 0.6 is 11.6 Å². The average Bonchev–Trinajstić information content (AvgIpc) is 2.32. The summed E-state index contributed by atoms with van der Waals surface area (Å²) >= 11 is 5.61. The summed E-state index contributed by atoms with van der Waals surface area (Å²) in [7, 11) is 3.88. The Balaban J connectivity index is 3.11. The lowest BCUT2D eigenvalue weighted by atomic mass is 10.1. The minimum absolute atomic E-state index is 0.0193. The van der Waals surface area contributed by atoms with E-state index >= 15 is 0 Å². The molecule has 19 heavy (non-hydrogen) atoms. The van der Waals surface area contributed by atoms with Gasteiger partial charge in [-0.3, -0.25) is 0 Å². The van der Waals surface area contributed by atoms with Crippen molar-refractivity contribution in [3.05, 3.63) is 29.3 Å². The van der Waals surface area contributed by atoms with Gasteiger partial charge in [-0.05, 0) is 45.6 Å². The Morgan fingerprint density at radius 3 is 2.11 bits per heavy atom. The van der Waals surface area contributed by atoms with Crippen LogP contribution in [0.1, 0.15) is 19.4 Å². The number of likely N-dealkylation sites (N-methyl/N-ethyl adjacent to an activating group) is 2. The predicted molar refractivity (Wildman–Crippen MR) is 77.0 cm³/mol. The maximum Gasteiger partial charge on any atom is 0.149 e. The number of benzene rings is 1. The SMILES string of the molecule is CCN(c1c(F)cc(CCl)cc1F)C(C)CN(C)C. The zero-order valence-electron chi connectivity index (χ0n) is 11.9. The first-order chi connectivity index (χ1) is 8.90. The van der Waals surface area contributed by atoms with Gasteiger partial charge in [-0.2, -0.15) is 0 Å². The van der Waals surface area contributed by atoms with E-state index in [1.807, 2.05) is 32.8 Å². The molecule has 0 aliphatic heterocycles. The van der Waals surface area contributed by atoms with E-state index < -0.39 is 11.6 Å². The van der Waals surface area contributed by atoms with Crippen molar-refractivity contribution in [2.75, 3.05) is 32.1 Å². The van der Waals surface area contributed by atoms with Gasteiger partial charge in [0.15, 0.2) is 0 Å². The largest absolute Gasteiger partial charge is 0.363 e. The van der Waals surface area contributed by atoms with Gasteiger partial charge < -0.3 is 9.80 Å². The molecule has 0 saturated heterocycles. The van der Waals surface area contributed by atoms with Crippen LogP contribution in [0.2, 0.25) is 0 Å². The molecule has 0 bridgehead atoms. The van der Waals surface area contributed by atoms with Crippen LogP contribution in [-0.2, 0) is 5.88 Å². The van der Waals surface area contributed by atoms with E-state index in [0.717, 1.165) is 6.54 Å². The number of anilines is 1. The number of nitrogens with zero attached hydrogens (tertiary/aromatic N) is 2. The minimum atomic E-state index is -0.553. The summed E-state index contributed by atoms with van der Waals surface area (Å²) < 4.78 is 28.2. The van der Waals surface area contributed by atoms with Gasteiger partial charge in [-0.25, -0.2) is 8.78 Å². The molecule has 0 amide bonds. The van der Waals surface area contributed by atoms with Crippen LogP contribution in [0.4, 0.5) is 14.5 Å². The maximum atomic E-state index is 14.1. The third kappa shape index (κ3) is 4.05. The molecule has 1 unspecified atom stereocenters. The van der Waals surface area contributed by atoms with E-state index in [0.29, 0.717) is 12.1 Å². The predicted octanol–water partition coefficient (Wildman–Crippen LogP) is 3.48. The Hall–Kier alpha value is -0.870. The van der Waals surface area contributed by atoms with Crippen LogP contribution in [0.3, 0.4) is 0 Å². The average molecular weight is 291 g/mol. The van der Waals surface area contributed by atoms with E-state index in [2.05, 4.69) is 0 Å². The molecule has 0 N–H and O–H groups in total. The fraction of sp³-hybridized carbons (Fsp3) is 0.571. The second-order valence-electron chi connectivity index (χ2n) is 4.94. The molecule has 1 aromatic carbocycles. The highest BCUT2D eigenvalue weighted by Crippen LogP contribution is 2.27. The molecule has 1 aromatic rings. The molecule has 5 heteroatoms. The smallest absolute Gasteiger partial charge is 0.149 e. The summed E-state index contributed by atoms with van der Waals surface area (Å²) in [6, 6.07) is 2.62. The van der Waals surface area contributed by atoms with Crippen molar-refractivity contribution in [3.63, 3.8) is 0 Å². The summed E-state index contributed by atoms with van der Waals surface area (Å²) in [6.45, 7) is 5.12. The van der Waals surface area contributed by atoms with Crippen molar-refractivity contribution < 1.29 is 8.78 Å². The first-order valence-electron chi connectivity index (χ1n) is 6.35. The van der Waals surface area contributed by atoms with Gasteiger partial charge >= 0.3 is 0 Å². The highest BCUT2D eigenvalue weighted by Gasteiger charge is 2.21. The number of halogens is 3. The van der Waals surface area contributed by atoms with Gasteiger partial charge in [0, 0.05) is 25.0 Å². The Morgan fingerprint density at radius 2 is 1.74 bits per heavy atom. The van der Waals surface area contributed by atoms with Gasteiger partial charge in [0.2, 0.25) is 0 Å². The lowest BCUT2D eigenvalue weighted by Gasteiger charge is -2.32. The zero-order chi connectivity index (χ0) is 14.6. The number of hydrogen-bond acceptors (Lipinski definition) is 2. The fourth-order valence-electron chi connectivity index (χ4n) is 2.29. The quantitative estimate of drug-likeness (QED) is 0.740. The van der Waals surface area contributed by atoms with Gasteiger partial charge in [-0.15, -0.1) is 11.6 Å². The first kappa shape index (κ1) is 16.2. The molecule has 0 aromatic heterocycles. The molecule has 2 nitrogen and oxygen atoms in total. The van der Waals surface area contributed by atoms with Crippen molar-refractivity contribution in [3.8, 4) is 0 Å². The lowest BCUT2D eigenvalue weighted by Crippen LogP contribution is -2.41. The second kappa shape index (κ2) is 7.06. The van der Waals surface area contributed by atoms with E-state index in [1.54, 1.807) is 4.90 Å². The van der Waals surface area contributed by atoms with E-state index in [4.69, 9.17) is 11.6 Å². The normalized spacial score (nSPS) is 12.8. The van der Waals surface area contributed by atoms with E-state index in [1.165, 1.54) is 12.1 Å². The van der Waals surface area contributed by atoms with Crippen molar-refractivity contribution in [2.24, 2.45) is 0 Å². The van der Waals surface area contributed by atoms with Crippen LogP contribution in [0.25, 0.3) is 0 Å². The molecule has 108 valence electrons. The van der Waals surface area contributed by atoms with Crippen LogP contribution in [-0.4, -0.2) is 38.1 Å². The van der Waals surface area contributed by atoms with Crippen molar-refractivity contribution >= 4 is 17.3 Å². The standard InChI is InChI=1S/C14H21ClF2N2/c1-5-19(10(2)9-18(3)4)14-12(16)6-11(8-15)7-13(14)17/h6-7,10H,5,8-9H2,1-4H3. The van der Waals surface area contributed by atoms with Crippen LogP contribution < -0.4 is 4.90 Å². The maximum absolute atomic E-state index is 14.1. The summed E-state index contributed by atoms with van der Waals surface area (Å²) in [5.74, 6) is -1.00. The van der Waals surface area contributed by atoms with Gasteiger partial charge in [0.1, 0.15) is 17.3 Å². The Kier molecular flexibility index (Phi) is 6.01. The number of alkyl halides is 1. The topological polar surface area (TPSA) is 6.48 Å². The highest BCUT2D eigenvalue weighted by atomic mass is 35.5. The molecule has 0 radical (unpaired) electrons. The van der Waals surface area contributed by atoms with E-state index in [9.17, 15) is 8.78 Å². The number of rotatable bonds is 6. The molecule has 1 rings (SSSR count). The Bertz CT molecular complexity index is 401. The molecule has 1 atom stereocenters. The van der Waals surface area contributed by atoms with E-state index in [-0.39, 0.29) is 17.6 Å². The first-order valence-corrected chi connectivity index (χ1v) is 6.89.